The standard InChI is InChI=1S/C15H13Cl2FN2OS/c1-2-9-10(16)13(18)20-15(11(9)17)22-12(14(19)21)8-6-4-3-5-7-8/h3-7,12H,2H2,1H3,(H2,19,21). The van der Waals surface area contributed by atoms with Crippen LogP contribution in [0.15, 0.2) is 35.4 Å². The van der Waals surface area contributed by atoms with Crippen LogP contribution < -0.4 is 5.73 Å². The highest BCUT2D eigenvalue weighted by Gasteiger charge is 2.24. The van der Waals surface area contributed by atoms with Crippen LogP contribution in [0.4, 0.5) is 4.39 Å². The van der Waals surface area contributed by atoms with Gasteiger partial charge in [0.25, 0.3) is 0 Å². The second-order valence-corrected chi connectivity index (χ2v) is 6.33. The molecule has 1 amide bonds. The van der Waals surface area contributed by atoms with Gasteiger partial charge in [-0.1, -0.05) is 72.2 Å². The molecule has 1 heterocycles. The van der Waals surface area contributed by atoms with Gasteiger partial charge in [0.05, 0.1) is 5.02 Å². The highest BCUT2D eigenvalue weighted by molar-refractivity contribution is 8.00. The molecule has 0 aliphatic carbocycles. The Kier molecular flexibility index (Phi) is 5.67. The first kappa shape index (κ1) is 17.1. The summed E-state index contributed by atoms with van der Waals surface area (Å²) in [6, 6.07) is 8.95. The molecule has 0 aliphatic rings. The fourth-order valence-corrected chi connectivity index (χ4v) is 3.67. The minimum atomic E-state index is -0.804. The van der Waals surface area contributed by atoms with Crippen molar-refractivity contribution < 1.29 is 9.18 Å². The van der Waals surface area contributed by atoms with Crippen molar-refractivity contribution in [2.45, 2.75) is 23.6 Å². The second kappa shape index (κ2) is 7.31. The maximum absolute atomic E-state index is 13.8. The maximum Gasteiger partial charge on any atom is 0.235 e. The van der Waals surface area contributed by atoms with Gasteiger partial charge in [-0.05, 0) is 17.5 Å². The van der Waals surface area contributed by atoms with Crippen molar-refractivity contribution in [1.82, 2.24) is 4.98 Å². The third-order valence-electron chi connectivity index (χ3n) is 3.04. The molecule has 1 atom stereocenters. The van der Waals surface area contributed by atoms with Crippen LogP contribution in [0.25, 0.3) is 0 Å². The van der Waals surface area contributed by atoms with Crippen molar-refractivity contribution in [1.29, 1.82) is 0 Å². The summed E-state index contributed by atoms with van der Waals surface area (Å²) >= 11 is 13.1. The molecular weight excluding hydrogens is 346 g/mol. The third-order valence-corrected chi connectivity index (χ3v) is 5.20. The summed E-state index contributed by atoms with van der Waals surface area (Å²) < 4.78 is 13.8. The van der Waals surface area contributed by atoms with E-state index in [4.69, 9.17) is 28.9 Å². The zero-order chi connectivity index (χ0) is 16.3. The van der Waals surface area contributed by atoms with Crippen LogP contribution in [0, 0.1) is 5.95 Å². The number of nitrogens with zero attached hydrogens (tertiary/aromatic N) is 1. The molecule has 0 bridgehead atoms. The Bertz CT molecular complexity index is 698. The second-order valence-electron chi connectivity index (χ2n) is 4.48. The van der Waals surface area contributed by atoms with Crippen molar-refractivity contribution in [3.8, 4) is 0 Å². The number of amides is 1. The Morgan fingerprint density at radius 3 is 2.50 bits per heavy atom. The molecule has 0 fully saturated rings. The van der Waals surface area contributed by atoms with E-state index in [0.29, 0.717) is 17.5 Å². The number of carbonyl (C=O) groups excluding carboxylic acids is 1. The molecule has 116 valence electrons. The van der Waals surface area contributed by atoms with Crippen molar-refractivity contribution in [2.75, 3.05) is 0 Å². The SMILES string of the molecule is CCc1c(Cl)c(F)nc(SC(C(N)=O)c2ccccc2)c1Cl. The number of halogens is 3. The molecule has 2 rings (SSSR count). The average Bonchev–Trinajstić information content (AvgIpc) is 2.50. The number of rotatable bonds is 5. The molecule has 22 heavy (non-hydrogen) atoms. The van der Waals surface area contributed by atoms with E-state index in [1.165, 1.54) is 0 Å². The first-order valence-corrected chi connectivity index (χ1v) is 8.13. The lowest BCUT2D eigenvalue weighted by atomic mass is 10.1. The summed E-state index contributed by atoms with van der Waals surface area (Å²) in [5.41, 5.74) is 6.62. The zero-order valence-electron chi connectivity index (χ0n) is 11.6. The Balaban J connectivity index is 2.44. The molecule has 2 N–H and O–H groups in total. The summed E-state index contributed by atoms with van der Waals surface area (Å²) in [6.45, 7) is 1.81. The minimum Gasteiger partial charge on any atom is -0.368 e. The van der Waals surface area contributed by atoms with Gasteiger partial charge in [-0.2, -0.15) is 4.39 Å². The van der Waals surface area contributed by atoms with Gasteiger partial charge in [0, 0.05) is 0 Å². The number of hydrogen-bond acceptors (Lipinski definition) is 3. The van der Waals surface area contributed by atoms with E-state index in [0.717, 1.165) is 11.8 Å². The Morgan fingerprint density at radius 1 is 1.32 bits per heavy atom. The lowest BCUT2D eigenvalue weighted by Crippen LogP contribution is -2.19. The topological polar surface area (TPSA) is 56.0 Å². The fourth-order valence-electron chi connectivity index (χ4n) is 1.96. The molecule has 1 aromatic heterocycles. The van der Waals surface area contributed by atoms with Crippen molar-refractivity contribution >= 4 is 40.9 Å². The largest absolute Gasteiger partial charge is 0.368 e. The van der Waals surface area contributed by atoms with E-state index < -0.39 is 17.1 Å². The average molecular weight is 359 g/mol. The molecule has 1 unspecified atom stereocenters. The number of primary amides is 1. The molecule has 2 aromatic rings. The van der Waals surface area contributed by atoms with Gasteiger partial charge in [0.1, 0.15) is 15.3 Å². The predicted octanol–water partition coefficient (Wildman–Crippen LogP) is 4.41. The summed E-state index contributed by atoms with van der Waals surface area (Å²) in [7, 11) is 0. The molecule has 0 saturated heterocycles. The van der Waals surface area contributed by atoms with E-state index in [2.05, 4.69) is 4.98 Å². The molecule has 1 aromatic carbocycles. The highest BCUT2D eigenvalue weighted by Crippen LogP contribution is 2.41. The van der Waals surface area contributed by atoms with Crippen LogP contribution in [0.3, 0.4) is 0 Å². The first-order chi connectivity index (χ1) is 10.5. The van der Waals surface area contributed by atoms with E-state index in [-0.39, 0.29) is 15.1 Å². The van der Waals surface area contributed by atoms with Gasteiger partial charge >= 0.3 is 0 Å². The third kappa shape index (κ3) is 3.54. The van der Waals surface area contributed by atoms with Crippen LogP contribution in [0.5, 0.6) is 0 Å². The van der Waals surface area contributed by atoms with Crippen LogP contribution >= 0.6 is 35.0 Å². The van der Waals surface area contributed by atoms with Crippen molar-refractivity contribution in [2.24, 2.45) is 5.73 Å². The van der Waals surface area contributed by atoms with Gasteiger partial charge in [0.15, 0.2) is 0 Å². The molecule has 0 saturated carbocycles. The van der Waals surface area contributed by atoms with Crippen LogP contribution in [-0.4, -0.2) is 10.9 Å². The minimum absolute atomic E-state index is 0.0906. The van der Waals surface area contributed by atoms with Crippen LogP contribution in [0.1, 0.15) is 23.3 Å². The highest BCUT2D eigenvalue weighted by atomic mass is 35.5. The van der Waals surface area contributed by atoms with Crippen molar-refractivity contribution in [3.63, 3.8) is 0 Å². The van der Waals surface area contributed by atoms with Gasteiger partial charge in [0.2, 0.25) is 11.9 Å². The number of benzene rings is 1. The van der Waals surface area contributed by atoms with Gasteiger partial charge < -0.3 is 5.73 Å². The van der Waals surface area contributed by atoms with Gasteiger partial charge in [-0.15, -0.1) is 0 Å². The maximum atomic E-state index is 13.8. The number of hydrogen-bond donors (Lipinski definition) is 1. The quantitative estimate of drug-likeness (QED) is 0.636. The molecule has 0 spiro atoms. The molecular formula is C15H13Cl2FN2OS. The lowest BCUT2D eigenvalue weighted by Gasteiger charge is -2.15. The number of nitrogens with two attached hydrogens (primary N) is 1. The first-order valence-electron chi connectivity index (χ1n) is 6.50. The number of pyridine rings is 1. The number of thioether (sulfide) groups is 1. The Hall–Kier alpha value is -1.30. The van der Waals surface area contributed by atoms with E-state index >= 15 is 0 Å². The summed E-state index contributed by atoms with van der Waals surface area (Å²) in [5.74, 6) is -1.36. The van der Waals surface area contributed by atoms with Crippen molar-refractivity contribution in [3.05, 3.63) is 57.5 Å². The molecule has 0 aliphatic heterocycles. The zero-order valence-corrected chi connectivity index (χ0v) is 14.0. The van der Waals surface area contributed by atoms with Gasteiger partial charge in [-0.25, -0.2) is 4.98 Å². The summed E-state index contributed by atoms with van der Waals surface area (Å²) in [6.07, 6.45) is 0.456. The summed E-state index contributed by atoms with van der Waals surface area (Å²) in [4.78, 5) is 15.5. The number of aromatic nitrogens is 1. The molecule has 7 heteroatoms. The molecule has 0 radical (unpaired) electrons. The van der Waals surface area contributed by atoms with Gasteiger partial charge in [-0.3, -0.25) is 4.79 Å². The normalized spacial score (nSPS) is 12.2. The van der Waals surface area contributed by atoms with E-state index in [1.54, 1.807) is 24.3 Å². The van der Waals surface area contributed by atoms with E-state index in [1.807, 2.05) is 13.0 Å². The Labute approximate surface area is 142 Å². The predicted molar refractivity (Wildman–Crippen MR) is 87.8 cm³/mol. The summed E-state index contributed by atoms with van der Waals surface area (Å²) in [5, 5.41) is -0.349. The monoisotopic (exact) mass is 358 g/mol. The number of carbonyl (C=O) groups is 1. The smallest absolute Gasteiger partial charge is 0.235 e. The van der Waals surface area contributed by atoms with Crippen LogP contribution in [0.2, 0.25) is 10.0 Å². The lowest BCUT2D eigenvalue weighted by molar-refractivity contribution is -0.117. The fraction of sp³-hybridized carbons (Fsp3) is 0.200. The Morgan fingerprint density at radius 2 is 1.95 bits per heavy atom. The van der Waals surface area contributed by atoms with Crippen LogP contribution in [-0.2, 0) is 11.2 Å². The molecule has 3 nitrogen and oxygen atoms in total. The van der Waals surface area contributed by atoms with E-state index in [9.17, 15) is 9.18 Å².